The van der Waals surface area contributed by atoms with E-state index in [2.05, 4.69) is 36.3 Å². The number of nitrogens with two attached hydrogens (primary N) is 1. The summed E-state index contributed by atoms with van der Waals surface area (Å²) in [5, 5.41) is 3.07. The molecule has 3 heteroatoms. The van der Waals surface area contributed by atoms with Crippen LogP contribution in [-0.4, -0.2) is 12.5 Å². The maximum atomic E-state index is 5.66. The summed E-state index contributed by atoms with van der Waals surface area (Å²) in [5.74, 6) is 0.472. The van der Waals surface area contributed by atoms with Crippen LogP contribution in [-0.2, 0) is 0 Å². The lowest BCUT2D eigenvalue weighted by Crippen LogP contribution is -2.23. The van der Waals surface area contributed by atoms with E-state index >= 15 is 0 Å². The van der Waals surface area contributed by atoms with Crippen molar-refractivity contribution < 1.29 is 0 Å². The summed E-state index contributed by atoms with van der Waals surface area (Å²) in [5.41, 5.74) is 9.11. The van der Waals surface area contributed by atoms with Gasteiger partial charge in [0.05, 0.1) is 0 Å². The van der Waals surface area contributed by atoms with Crippen LogP contribution >= 0.6 is 0 Å². The maximum Gasteiger partial charge on any atom is 0.193 e. The standard InChI is InChI=1S/C11H17N3/c1-4-13-11(12)14-10-6-5-8(2)7-9(10)3/h5-7H,4H2,1-3H3,(H3,12,13,14). The molecule has 0 heterocycles. The zero-order valence-corrected chi connectivity index (χ0v) is 8.96. The summed E-state index contributed by atoms with van der Waals surface area (Å²) < 4.78 is 0. The summed E-state index contributed by atoms with van der Waals surface area (Å²) in [6.07, 6.45) is 0. The van der Waals surface area contributed by atoms with Gasteiger partial charge < -0.3 is 11.1 Å². The van der Waals surface area contributed by atoms with Gasteiger partial charge in [0.2, 0.25) is 0 Å². The monoisotopic (exact) mass is 191 g/mol. The lowest BCUT2D eigenvalue weighted by Gasteiger charge is -2.08. The van der Waals surface area contributed by atoms with E-state index in [1.165, 1.54) is 11.1 Å². The average Bonchev–Trinajstić information content (AvgIpc) is 2.10. The second-order valence-corrected chi connectivity index (χ2v) is 3.30. The number of hydrogen-bond acceptors (Lipinski definition) is 1. The van der Waals surface area contributed by atoms with Gasteiger partial charge in [-0.3, -0.25) is 4.99 Å². The van der Waals surface area contributed by atoms with Crippen LogP contribution < -0.4 is 11.1 Å². The number of benzene rings is 1. The highest BCUT2D eigenvalue weighted by atomic mass is 15.1. The SMILES string of the molecule is CCN=C(N)Nc1ccc(C)cc1C. The van der Waals surface area contributed by atoms with Gasteiger partial charge in [-0.05, 0) is 32.4 Å². The Morgan fingerprint density at radius 2 is 2.14 bits per heavy atom. The Hall–Kier alpha value is -1.51. The predicted molar refractivity (Wildman–Crippen MR) is 61.7 cm³/mol. The van der Waals surface area contributed by atoms with Gasteiger partial charge in [-0.25, -0.2) is 0 Å². The van der Waals surface area contributed by atoms with Crippen LogP contribution in [0.3, 0.4) is 0 Å². The number of hydrogen-bond donors (Lipinski definition) is 2. The van der Waals surface area contributed by atoms with E-state index in [-0.39, 0.29) is 0 Å². The minimum absolute atomic E-state index is 0.472. The molecule has 0 atom stereocenters. The first-order chi connectivity index (χ1) is 6.63. The van der Waals surface area contributed by atoms with E-state index in [1.54, 1.807) is 0 Å². The minimum Gasteiger partial charge on any atom is -0.370 e. The molecule has 1 aromatic rings. The van der Waals surface area contributed by atoms with E-state index in [0.717, 1.165) is 5.69 Å². The molecule has 0 saturated heterocycles. The molecule has 0 aliphatic carbocycles. The Morgan fingerprint density at radius 1 is 1.43 bits per heavy atom. The Labute approximate surface area is 85.0 Å². The predicted octanol–water partition coefficient (Wildman–Crippen LogP) is 2.05. The van der Waals surface area contributed by atoms with E-state index in [9.17, 15) is 0 Å². The third kappa shape index (κ3) is 2.76. The lowest BCUT2D eigenvalue weighted by atomic mass is 10.1. The summed E-state index contributed by atoms with van der Waals surface area (Å²) in [4.78, 5) is 4.07. The molecule has 1 rings (SSSR count). The number of nitrogens with zero attached hydrogens (tertiary/aromatic N) is 1. The number of aryl methyl sites for hydroxylation is 2. The van der Waals surface area contributed by atoms with Crippen LogP contribution in [0.5, 0.6) is 0 Å². The van der Waals surface area contributed by atoms with Gasteiger partial charge in [-0.15, -0.1) is 0 Å². The van der Waals surface area contributed by atoms with Crippen molar-refractivity contribution in [1.82, 2.24) is 0 Å². The highest BCUT2D eigenvalue weighted by Gasteiger charge is 1.98. The van der Waals surface area contributed by atoms with Crippen molar-refractivity contribution in [2.24, 2.45) is 10.7 Å². The maximum absolute atomic E-state index is 5.66. The third-order valence-corrected chi connectivity index (χ3v) is 1.97. The van der Waals surface area contributed by atoms with Gasteiger partial charge >= 0.3 is 0 Å². The van der Waals surface area contributed by atoms with Crippen molar-refractivity contribution in [2.45, 2.75) is 20.8 Å². The number of guanidine groups is 1. The third-order valence-electron chi connectivity index (χ3n) is 1.97. The fraction of sp³-hybridized carbons (Fsp3) is 0.364. The van der Waals surface area contributed by atoms with Crippen molar-refractivity contribution in [2.75, 3.05) is 11.9 Å². The van der Waals surface area contributed by atoms with Gasteiger partial charge in [0.15, 0.2) is 5.96 Å². The molecule has 0 aliphatic rings. The first-order valence-electron chi connectivity index (χ1n) is 4.77. The van der Waals surface area contributed by atoms with E-state index in [4.69, 9.17) is 5.73 Å². The minimum atomic E-state index is 0.472. The molecule has 0 amide bonds. The molecule has 0 radical (unpaired) electrons. The molecular formula is C11H17N3. The van der Waals surface area contributed by atoms with Gasteiger partial charge in [0.25, 0.3) is 0 Å². The van der Waals surface area contributed by atoms with E-state index in [0.29, 0.717) is 12.5 Å². The molecule has 76 valence electrons. The van der Waals surface area contributed by atoms with Crippen LogP contribution in [0, 0.1) is 13.8 Å². The van der Waals surface area contributed by atoms with Crippen LogP contribution in [0.1, 0.15) is 18.1 Å². The van der Waals surface area contributed by atoms with E-state index < -0.39 is 0 Å². The summed E-state index contributed by atoms with van der Waals surface area (Å²) in [6.45, 7) is 6.77. The van der Waals surface area contributed by atoms with Gasteiger partial charge in [0, 0.05) is 12.2 Å². The Balaban J connectivity index is 2.82. The molecule has 0 unspecified atom stereocenters. The molecule has 1 aromatic carbocycles. The van der Waals surface area contributed by atoms with Crippen molar-refractivity contribution in [1.29, 1.82) is 0 Å². The van der Waals surface area contributed by atoms with Gasteiger partial charge in [-0.2, -0.15) is 0 Å². The molecule has 14 heavy (non-hydrogen) atoms. The van der Waals surface area contributed by atoms with E-state index in [1.807, 2.05) is 13.0 Å². The molecule has 0 aromatic heterocycles. The first kappa shape index (κ1) is 10.6. The fourth-order valence-electron chi connectivity index (χ4n) is 1.30. The molecular weight excluding hydrogens is 174 g/mol. The van der Waals surface area contributed by atoms with Crippen LogP contribution in [0.25, 0.3) is 0 Å². The molecule has 0 aliphatic heterocycles. The normalized spacial score (nSPS) is 11.5. The second-order valence-electron chi connectivity index (χ2n) is 3.30. The molecule has 0 bridgehead atoms. The zero-order valence-electron chi connectivity index (χ0n) is 8.96. The smallest absolute Gasteiger partial charge is 0.193 e. The van der Waals surface area contributed by atoms with Gasteiger partial charge in [-0.1, -0.05) is 17.7 Å². The molecule has 3 N–H and O–H groups in total. The van der Waals surface area contributed by atoms with Crippen LogP contribution in [0.4, 0.5) is 5.69 Å². The van der Waals surface area contributed by atoms with Crippen LogP contribution in [0.2, 0.25) is 0 Å². The molecule has 0 saturated carbocycles. The molecule has 3 nitrogen and oxygen atoms in total. The van der Waals surface area contributed by atoms with Crippen molar-refractivity contribution in [3.63, 3.8) is 0 Å². The average molecular weight is 191 g/mol. The lowest BCUT2D eigenvalue weighted by molar-refractivity contribution is 1.12. The number of nitrogens with one attached hydrogen (secondary N) is 1. The second kappa shape index (κ2) is 4.65. The zero-order chi connectivity index (χ0) is 10.6. The molecule has 0 fully saturated rings. The highest BCUT2D eigenvalue weighted by molar-refractivity contribution is 5.92. The van der Waals surface area contributed by atoms with Crippen molar-refractivity contribution in [3.05, 3.63) is 29.3 Å². The Morgan fingerprint density at radius 3 is 2.71 bits per heavy atom. The largest absolute Gasteiger partial charge is 0.370 e. The highest BCUT2D eigenvalue weighted by Crippen LogP contribution is 2.15. The number of anilines is 1. The Bertz CT molecular complexity index is 342. The molecule has 0 spiro atoms. The van der Waals surface area contributed by atoms with Crippen molar-refractivity contribution >= 4 is 11.6 Å². The number of aliphatic imine (C=N–C) groups is 1. The Kier molecular flexibility index (Phi) is 3.51. The number of rotatable bonds is 2. The van der Waals surface area contributed by atoms with Crippen LogP contribution in [0.15, 0.2) is 23.2 Å². The first-order valence-corrected chi connectivity index (χ1v) is 4.77. The fourth-order valence-corrected chi connectivity index (χ4v) is 1.30. The summed E-state index contributed by atoms with van der Waals surface area (Å²) in [7, 11) is 0. The summed E-state index contributed by atoms with van der Waals surface area (Å²) in [6, 6.07) is 6.18. The topological polar surface area (TPSA) is 50.4 Å². The quantitative estimate of drug-likeness (QED) is 0.555. The van der Waals surface area contributed by atoms with Gasteiger partial charge in [0.1, 0.15) is 0 Å². The summed E-state index contributed by atoms with van der Waals surface area (Å²) >= 11 is 0. The van der Waals surface area contributed by atoms with Crippen molar-refractivity contribution in [3.8, 4) is 0 Å².